The fourth-order valence-electron chi connectivity index (χ4n) is 3.93. The summed E-state index contributed by atoms with van der Waals surface area (Å²) in [6, 6.07) is 11.4. The Morgan fingerprint density at radius 2 is 2.04 bits per heavy atom. The monoisotopic (exact) mass is 381 g/mol. The molecule has 0 aliphatic carbocycles. The number of aromatic nitrogens is 1. The smallest absolute Gasteiger partial charge is 0.272 e. The summed E-state index contributed by atoms with van der Waals surface area (Å²) in [6.07, 6.45) is 0.777. The highest BCUT2D eigenvalue weighted by Gasteiger charge is 2.29. The number of aromatic amines is 1. The maximum Gasteiger partial charge on any atom is 0.272 e. The van der Waals surface area contributed by atoms with Crippen molar-refractivity contribution in [1.82, 2.24) is 4.98 Å². The largest absolute Gasteiger partial charge is 0.349 e. The number of nitrogens with zero attached hydrogens (tertiary/aromatic N) is 1. The van der Waals surface area contributed by atoms with Crippen LogP contribution in [-0.2, 0) is 11.2 Å². The van der Waals surface area contributed by atoms with Crippen molar-refractivity contribution in [1.29, 1.82) is 0 Å². The van der Waals surface area contributed by atoms with Crippen LogP contribution in [0, 0.1) is 6.92 Å². The number of H-pyrrole nitrogens is 1. The van der Waals surface area contributed by atoms with Crippen LogP contribution in [0.15, 0.2) is 36.4 Å². The number of hydrogen-bond donors (Lipinski definition) is 2. The van der Waals surface area contributed by atoms with Gasteiger partial charge in [0.15, 0.2) is 0 Å². The molecule has 1 aliphatic heterocycles. The zero-order valence-electron chi connectivity index (χ0n) is 15.4. The number of carbonyl (C=O) groups is 2. The summed E-state index contributed by atoms with van der Waals surface area (Å²) in [5.74, 6) is -0.183. The lowest BCUT2D eigenvalue weighted by atomic mass is 10.1. The number of fused-ring (bicyclic) bond motifs is 2. The van der Waals surface area contributed by atoms with Crippen molar-refractivity contribution in [3.05, 3.63) is 58.2 Å². The summed E-state index contributed by atoms with van der Waals surface area (Å²) >= 11 is 6.23. The van der Waals surface area contributed by atoms with E-state index in [1.807, 2.05) is 44.2 Å². The van der Waals surface area contributed by atoms with E-state index in [1.54, 1.807) is 17.9 Å². The predicted octanol–water partition coefficient (Wildman–Crippen LogP) is 4.68. The molecular weight excluding hydrogens is 362 g/mol. The summed E-state index contributed by atoms with van der Waals surface area (Å²) < 4.78 is 0. The predicted molar refractivity (Wildman–Crippen MR) is 109 cm³/mol. The van der Waals surface area contributed by atoms with Crippen molar-refractivity contribution >= 4 is 45.7 Å². The van der Waals surface area contributed by atoms with Crippen LogP contribution in [0.4, 0.5) is 11.4 Å². The fourth-order valence-corrected chi connectivity index (χ4v) is 4.15. The Bertz CT molecular complexity index is 1090. The number of benzene rings is 2. The van der Waals surface area contributed by atoms with Gasteiger partial charge in [-0.25, -0.2) is 0 Å². The first kappa shape index (κ1) is 17.6. The molecule has 2 aromatic carbocycles. The van der Waals surface area contributed by atoms with Crippen LogP contribution in [-0.4, -0.2) is 22.8 Å². The molecule has 1 atom stereocenters. The van der Waals surface area contributed by atoms with E-state index in [2.05, 4.69) is 10.3 Å². The summed E-state index contributed by atoms with van der Waals surface area (Å²) in [7, 11) is 0. The molecule has 138 valence electrons. The number of rotatable bonds is 2. The highest BCUT2D eigenvalue weighted by molar-refractivity contribution is 6.35. The molecule has 0 saturated carbocycles. The summed E-state index contributed by atoms with van der Waals surface area (Å²) in [6.45, 7) is 5.50. The molecule has 6 heteroatoms. The van der Waals surface area contributed by atoms with E-state index in [-0.39, 0.29) is 17.9 Å². The van der Waals surface area contributed by atoms with Gasteiger partial charge in [0.2, 0.25) is 5.91 Å². The molecule has 0 saturated heterocycles. The number of anilines is 2. The van der Waals surface area contributed by atoms with Crippen molar-refractivity contribution in [2.24, 2.45) is 0 Å². The molecule has 2 N–H and O–H groups in total. The number of halogens is 1. The highest BCUT2D eigenvalue weighted by Crippen LogP contribution is 2.34. The van der Waals surface area contributed by atoms with Crippen LogP contribution in [0.2, 0.25) is 5.02 Å². The summed E-state index contributed by atoms with van der Waals surface area (Å²) in [5, 5.41) is 4.48. The zero-order chi connectivity index (χ0) is 19.3. The molecule has 4 rings (SSSR count). The van der Waals surface area contributed by atoms with Gasteiger partial charge in [-0.2, -0.15) is 0 Å². The SMILES string of the molecule is CC(=O)N1c2ccc(NC(=O)c3[nH]c4c(Cl)cccc4c3C)cc2C[C@H]1C. The number of amides is 2. The van der Waals surface area contributed by atoms with Crippen LogP contribution < -0.4 is 10.2 Å². The summed E-state index contributed by atoms with van der Waals surface area (Å²) in [4.78, 5) is 29.6. The van der Waals surface area contributed by atoms with Crippen molar-refractivity contribution in [3.63, 3.8) is 0 Å². The van der Waals surface area contributed by atoms with Gasteiger partial charge in [-0.1, -0.05) is 23.7 Å². The lowest BCUT2D eigenvalue weighted by Crippen LogP contribution is -2.33. The zero-order valence-corrected chi connectivity index (χ0v) is 16.1. The van der Waals surface area contributed by atoms with Crippen LogP contribution in [0.5, 0.6) is 0 Å². The Hall–Kier alpha value is -2.79. The Kier molecular flexibility index (Phi) is 4.19. The van der Waals surface area contributed by atoms with Gasteiger partial charge in [0.25, 0.3) is 5.91 Å². The van der Waals surface area contributed by atoms with Gasteiger partial charge in [0.05, 0.1) is 10.5 Å². The summed E-state index contributed by atoms with van der Waals surface area (Å²) in [5.41, 5.74) is 4.82. The Balaban J connectivity index is 1.63. The van der Waals surface area contributed by atoms with Gasteiger partial charge >= 0.3 is 0 Å². The first-order chi connectivity index (χ1) is 12.9. The second-order valence-electron chi connectivity index (χ2n) is 7.03. The molecule has 0 spiro atoms. The second-order valence-corrected chi connectivity index (χ2v) is 7.43. The molecule has 0 bridgehead atoms. The van der Waals surface area contributed by atoms with E-state index in [4.69, 9.17) is 11.6 Å². The van der Waals surface area contributed by atoms with Crippen molar-refractivity contribution in [3.8, 4) is 0 Å². The number of hydrogen-bond acceptors (Lipinski definition) is 2. The van der Waals surface area contributed by atoms with Gasteiger partial charge in [-0.3, -0.25) is 9.59 Å². The fraction of sp³-hybridized carbons (Fsp3) is 0.238. The molecule has 5 nitrogen and oxygen atoms in total. The standard InChI is InChI=1S/C21H20ClN3O2/c1-11-9-14-10-15(7-8-18(14)25(11)13(3)26)23-21(27)19-12(2)16-5-4-6-17(22)20(16)24-19/h4-8,10-11,24H,9H2,1-3H3,(H,23,27)/t11-/m1/s1. The minimum atomic E-state index is -0.214. The van der Waals surface area contributed by atoms with Crippen molar-refractivity contribution in [2.45, 2.75) is 33.2 Å². The second kappa shape index (κ2) is 6.43. The molecule has 1 aliphatic rings. The van der Waals surface area contributed by atoms with E-state index in [9.17, 15) is 9.59 Å². The molecule has 0 fully saturated rings. The van der Waals surface area contributed by atoms with E-state index in [0.717, 1.165) is 34.1 Å². The normalized spacial score (nSPS) is 15.9. The lowest BCUT2D eigenvalue weighted by Gasteiger charge is -2.20. The highest BCUT2D eigenvalue weighted by atomic mass is 35.5. The Labute approximate surface area is 162 Å². The van der Waals surface area contributed by atoms with E-state index in [1.165, 1.54) is 0 Å². The first-order valence-corrected chi connectivity index (χ1v) is 9.25. The average Bonchev–Trinajstić information content (AvgIpc) is 3.12. The van der Waals surface area contributed by atoms with Crippen molar-refractivity contribution < 1.29 is 9.59 Å². The van der Waals surface area contributed by atoms with E-state index in [0.29, 0.717) is 16.4 Å². The molecule has 2 amide bonds. The molecule has 3 aromatic rings. The molecular formula is C21H20ClN3O2. The minimum Gasteiger partial charge on any atom is -0.349 e. The molecule has 0 radical (unpaired) electrons. The van der Waals surface area contributed by atoms with Gasteiger partial charge in [0.1, 0.15) is 5.69 Å². The van der Waals surface area contributed by atoms with Crippen LogP contribution in [0.25, 0.3) is 10.9 Å². The quantitative estimate of drug-likeness (QED) is 0.676. The Morgan fingerprint density at radius 3 is 2.74 bits per heavy atom. The van der Waals surface area contributed by atoms with E-state index >= 15 is 0 Å². The van der Waals surface area contributed by atoms with Gasteiger partial charge in [0, 0.05) is 29.7 Å². The topological polar surface area (TPSA) is 65.2 Å². The molecule has 0 unspecified atom stereocenters. The van der Waals surface area contributed by atoms with E-state index < -0.39 is 0 Å². The first-order valence-electron chi connectivity index (χ1n) is 8.87. The maximum absolute atomic E-state index is 12.8. The number of para-hydroxylation sites is 1. The van der Waals surface area contributed by atoms with Gasteiger partial charge in [-0.05, 0) is 55.7 Å². The average molecular weight is 382 g/mol. The lowest BCUT2D eigenvalue weighted by molar-refractivity contribution is -0.116. The third kappa shape index (κ3) is 2.88. The molecule has 1 aromatic heterocycles. The van der Waals surface area contributed by atoms with Gasteiger partial charge < -0.3 is 15.2 Å². The maximum atomic E-state index is 12.8. The van der Waals surface area contributed by atoms with Crippen molar-refractivity contribution in [2.75, 3.05) is 10.2 Å². The van der Waals surface area contributed by atoms with Crippen LogP contribution in [0.1, 0.15) is 35.5 Å². The van der Waals surface area contributed by atoms with Crippen LogP contribution >= 0.6 is 11.6 Å². The van der Waals surface area contributed by atoms with Gasteiger partial charge in [-0.15, -0.1) is 0 Å². The number of carbonyl (C=O) groups excluding carboxylic acids is 2. The third-order valence-corrected chi connectivity index (χ3v) is 5.48. The Morgan fingerprint density at radius 1 is 1.26 bits per heavy atom. The third-order valence-electron chi connectivity index (χ3n) is 5.16. The minimum absolute atomic E-state index is 0.0311. The number of aryl methyl sites for hydroxylation is 1. The van der Waals surface area contributed by atoms with Crippen LogP contribution in [0.3, 0.4) is 0 Å². The number of nitrogens with one attached hydrogen (secondary N) is 2. The molecule has 27 heavy (non-hydrogen) atoms. The molecule has 2 heterocycles.